The van der Waals surface area contributed by atoms with Gasteiger partial charge in [-0.25, -0.2) is 0 Å². The first-order valence-corrected chi connectivity index (χ1v) is 21.3. The van der Waals surface area contributed by atoms with Gasteiger partial charge < -0.3 is 9.80 Å². The number of hydrogen-bond donors (Lipinski definition) is 0. The second-order valence-electron chi connectivity index (χ2n) is 16.8. The van der Waals surface area contributed by atoms with Crippen molar-refractivity contribution in [1.29, 1.82) is 0 Å². The van der Waals surface area contributed by atoms with E-state index in [1.807, 2.05) is 12.1 Å². The molecule has 0 aliphatic carbocycles. The molecule has 0 saturated carbocycles. The van der Waals surface area contributed by atoms with Crippen LogP contribution in [0.1, 0.15) is 26.3 Å². The molecule has 61 heavy (non-hydrogen) atoms. The molecule has 0 spiro atoms. The van der Waals surface area contributed by atoms with Crippen LogP contribution < -0.4 is 9.80 Å². The van der Waals surface area contributed by atoms with Gasteiger partial charge in [-0.2, -0.15) is 0 Å². The summed E-state index contributed by atoms with van der Waals surface area (Å²) in [6, 6.07) is 78.7. The molecule has 0 aliphatic heterocycles. The quantitative estimate of drug-likeness (QED) is 0.141. The van der Waals surface area contributed by atoms with E-state index in [0.717, 1.165) is 34.1 Å². The lowest BCUT2D eigenvalue weighted by molar-refractivity contribution is 0.590. The Kier molecular flexibility index (Phi) is 9.87. The summed E-state index contributed by atoms with van der Waals surface area (Å²) < 4.78 is 0. The van der Waals surface area contributed by atoms with Crippen LogP contribution >= 0.6 is 11.6 Å². The Hall–Kier alpha value is -7.13. The fourth-order valence-corrected chi connectivity index (χ4v) is 8.88. The molecule has 2 nitrogen and oxygen atoms in total. The summed E-state index contributed by atoms with van der Waals surface area (Å²) in [4.78, 5) is 4.75. The third-order valence-electron chi connectivity index (χ3n) is 11.8. The summed E-state index contributed by atoms with van der Waals surface area (Å²) in [7, 11) is 0. The van der Waals surface area contributed by atoms with Gasteiger partial charge in [-0.3, -0.25) is 0 Å². The average Bonchev–Trinajstić information content (AvgIpc) is 3.30. The lowest BCUT2D eigenvalue weighted by Crippen LogP contribution is -2.17. The zero-order chi connectivity index (χ0) is 41.5. The van der Waals surface area contributed by atoms with Crippen molar-refractivity contribution >= 4 is 78.0 Å². The standard InChI is InChI=1S/C58H45ClN2/c1-58(2,3)44-35-50(60(46-29-25-42(26-30-46)40-15-6-4-7-16-40)47-31-27-43(28-32-47)41-17-8-5-9-18-41)38-51(36-44)61(48-20-14-19-45(59)37-48)49-33-34-56-54-23-11-10-21-52(54)53-22-12-13-24-55(53)57(56)39-49/h4-39H,1-3H3. The van der Waals surface area contributed by atoms with Gasteiger partial charge >= 0.3 is 0 Å². The summed E-state index contributed by atoms with van der Waals surface area (Å²) in [6.07, 6.45) is 0. The summed E-state index contributed by atoms with van der Waals surface area (Å²) in [5.74, 6) is 0. The Bertz CT molecular complexity index is 3050. The van der Waals surface area contributed by atoms with Gasteiger partial charge in [0.05, 0.1) is 0 Å². The van der Waals surface area contributed by atoms with Crippen LogP contribution in [0.15, 0.2) is 218 Å². The average molecular weight is 805 g/mol. The van der Waals surface area contributed by atoms with Crippen molar-refractivity contribution in [3.63, 3.8) is 0 Å². The molecule has 0 aromatic heterocycles. The molecule has 0 aliphatic rings. The first kappa shape index (κ1) is 38.1. The van der Waals surface area contributed by atoms with Gasteiger partial charge in [-0.05, 0) is 138 Å². The van der Waals surface area contributed by atoms with Gasteiger partial charge in [0.1, 0.15) is 0 Å². The van der Waals surface area contributed by atoms with E-state index in [0.29, 0.717) is 5.02 Å². The van der Waals surface area contributed by atoms with Crippen molar-refractivity contribution in [2.45, 2.75) is 26.2 Å². The van der Waals surface area contributed by atoms with Crippen molar-refractivity contribution < 1.29 is 0 Å². The van der Waals surface area contributed by atoms with E-state index in [2.05, 4.69) is 237 Å². The molecule has 10 aromatic rings. The molecular weight excluding hydrogens is 760 g/mol. The normalized spacial score (nSPS) is 11.6. The summed E-state index contributed by atoms with van der Waals surface area (Å²) in [5.41, 5.74) is 12.1. The number of nitrogens with zero attached hydrogens (tertiary/aromatic N) is 2. The minimum absolute atomic E-state index is 0.163. The van der Waals surface area contributed by atoms with E-state index in [1.54, 1.807) is 0 Å². The van der Waals surface area contributed by atoms with E-state index in [9.17, 15) is 0 Å². The predicted molar refractivity (Wildman–Crippen MR) is 263 cm³/mol. The van der Waals surface area contributed by atoms with Crippen molar-refractivity contribution in [2.75, 3.05) is 9.80 Å². The van der Waals surface area contributed by atoms with Crippen LogP contribution in [0, 0.1) is 0 Å². The monoisotopic (exact) mass is 804 g/mol. The van der Waals surface area contributed by atoms with Crippen LogP contribution in [0.25, 0.3) is 54.6 Å². The minimum Gasteiger partial charge on any atom is -0.310 e. The molecule has 10 rings (SSSR count). The Labute approximate surface area is 363 Å². The van der Waals surface area contributed by atoms with Gasteiger partial charge in [0.15, 0.2) is 0 Å². The van der Waals surface area contributed by atoms with Crippen LogP contribution in [-0.4, -0.2) is 0 Å². The number of benzene rings is 10. The summed E-state index contributed by atoms with van der Waals surface area (Å²) in [5, 5.41) is 8.13. The van der Waals surface area contributed by atoms with E-state index in [1.165, 1.54) is 60.1 Å². The molecular formula is C58H45ClN2. The molecule has 10 aromatic carbocycles. The zero-order valence-corrected chi connectivity index (χ0v) is 35.3. The highest BCUT2D eigenvalue weighted by Gasteiger charge is 2.24. The lowest BCUT2D eigenvalue weighted by atomic mass is 9.86. The van der Waals surface area contributed by atoms with Crippen molar-refractivity contribution in [3.05, 3.63) is 229 Å². The smallest absolute Gasteiger partial charge is 0.0485 e. The fourth-order valence-electron chi connectivity index (χ4n) is 8.70. The minimum atomic E-state index is -0.163. The third-order valence-corrected chi connectivity index (χ3v) is 12.0. The Morgan fingerprint density at radius 1 is 0.295 bits per heavy atom. The van der Waals surface area contributed by atoms with Gasteiger partial charge in [0, 0.05) is 39.1 Å². The van der Waals surface area contributed by atoms with E-state index >= 15 is 0 Å². The molecule has 0 heterocycles. The molecule has 0 bridgehead atoms. The van der Waals surface area contributed by atoms with Crippen molar-refractivity contribution in [3.8, 4) is 22.3 Å². The van der Waals surface area contributed by atoms with E-state index in [4.69, 9.17) is 11.6 Å². The second kappa shape index (κ2) is 15.8. The molecule has 0 saturated heterocycles. The maximum atomic E-state index is 6.83. The summed E-state index contributed by atoms with van der Waals surface area (Å²) >= 11 is 6.83. The van der Waals surface area contributed by atoms with E-state index < -0.39 is 0 Å². The largest absolute Gasteiger partial charge is 0.310 e. The third kappa shape index (κ3) is 7.41. The molecule has 0 atom stereocenters. The maximum Gasteiger partial charge on any atom is 0.0485 e. The summed E-state index contributed by atoms with van der Waals surface area (Å²) in [6.45, 7) is 6.88. The zero-order valence-electron chi connectivity index (χ0n) is 34.6. The first-order chi connectivity index (χ1) is 29.8. The van der Waals surface area contributed by atoms with Crippen LogP contribution in [0.5, 0.6) is 0 Å². The Morgan fingerprint density at radius 2 is 0.689 bits per heavy atom. The van der Waals surface area contributed by atoms with Crippen LogP contribution in [0.2, 0.25) is 5.02 Å². The van der Waals surface area contributed by atoms with Crippen molar-refractivity contribution in [1.82, 2.24) is 0 Å². The van der Waals surface area contributed by atoms with Crippen molar-refractivity contribution in [2.24, 2.45) is 0 Å². The van der Waals surface area contributed by atoms with Crippen LogP contribution in [-0.2, 0) is 5.41 Å². The van der Waals surface area contributed by atoms with Gasteiger partial charge in [-0.15, -0.1) is 0 Å². The number of anilines is 6. The molecule has 294 valence electrons. The predicted octanol–water partition coefficient (Wildman–Crippen LogP) is 17.4. The van der Waals surface area contributed by atoms with Crippen LogP contribution in [0.4, 0.5) is 34.1 Å². The lowest BCUT2D eigenvalue weighted by Gasteiger charge is -2.32. The number of halogens is 1. The molecule has 3 heteroatoms. The first-order valence-electron chi connectivity index (χ1n) is 20.9. The maximum absolute atomic E-state index is 6.83. The highest BCUT2D eigenvalue weighted by atomic mass is 35.5. The number of rotatable bonds is 8. The second-order valence-corrected chi connectivity index (χ2v) is 17.2. The molecule has 0 N–H and O–H groups in total. The SMILES string of the molecule is CC(C)(C)c1cc(N(c2ccc(-c3ccccc3)cc2)c2ccc(-c3ccccc3)cc2)cc(N(c2cccc(Cl)c2)c2ccc3c4ccccc4c4ccccc4c3c2)c1. The Morgan fingerprint density at radius 3 is 1.16 bits per heavy atom. The molecule has 0 amide bonds. The van der Waals surface area contributed by atoms with Gasteiger partial charge in [0.2, 0.25) is 0 Å². The topological polar surface area (TPSA) is 6.48 Å². The van der Waals surface area contributed by atoms with E-state index in [-0.39, 0.29) is 5.41 Å². The van der Waals surface area contributed by atoms with Crippen LogP contribution in [0.3, 0.4) is 0 Å². The highest BCUT2D eigenvalue weighted by molar-refractivity contribution is 6.31. The Balaban J connectivity index is 1.19. The fraction of sp³-hybridized carbons (Fsp3) is 0.0690. The molecule has 0 unspecified atom stereocenters. The van der Waals surface area contributed by atoms with Gasteiger partial charge in [0.25, 0.3) is 0 Å². The van der Waals surface area contributed by atoms with Gasteiger partial charge in [-0.1, -0.05) is 178 Å². The number of fused-ring (bicyclic) bond motifs is 6. The highest BCUT2D eigenvalue weighted by Crippen LogP contribution is 2.46. The molecule has 0 fully saturated rings. The molecule has 0 radical (unpaired) electrons. The number of hydrogen-bond acceptors (Lipinski definition) is 2.